The molecule has 1 aliphatic rings. The van der Waals surface area contributed by atoms with Crippen molar-refractivity contribution in [2.24, 2.45) is 4.99 Å². The van der Waals surface area contributed by atoms with Gasteiger partial charge in [-0.1, -0.05) is 24.3 Å². The van der Waals surface area contributed by atoms with Gasteiger partial charge in [0, 0.05) is 24.8 Å². The maximum Gasteiger partial charge on any atom is 0.191 e. The van der Waals surface area contributed by atoms with Crippen LogP contribution < -0.4 is 15.4 Å². The molecule has 164 valence electrons. The number of fused-ring (bicyclic) bond motifs is 1. The van der Waals surface area contributed by atoms with E-state index in [1.54, 1.807) is 7.11 Å². The molecule has 31 heavy (non-hydrogen) atoms. The van der Waals surface area contributed by atoms with Crippen LogP contribution in [0.15, 0.2) is 53.7 Å². The minimum atomic E-state index is 0.219. The number of methoxy groups -OCH3 is 1. The molecule has 0 radical (unpaired) electrons. The zero-order valence-electron chi connectivity index (χ0n) is 18.3. The van der Waals surface area contributed by atoms with Gasteiger partial charge in [-0.3, -0.25) is 9.30 Å². The van der Waals surface area contributed by atoms with Crippen LogP contribution in [0, 0.1) is 0 Å². The predicted octanol–water partition coefficient (Wildman–Crippen LogP) is 2.63. The molecular formula is C23H31N7O. The predicted molar refractivity (Wildman–Crippen MR) is 122 cm³/mol. The van der Waals surface area contributed by atoms with E-state index in [-0.39, 0.29) is 6.04 Å². The molecule has 1 unspecified atom stereocenters. The van der Waals surface area contributed by atoms with Crippen molar-refractivity contribution < 1.29 is 4.74 Å². The second-order valence-corrected chi connectivity index (χ2v) is 7.62. The number of ether oxygens (including phenoxy) is 1. The lowest BCUT2D eigenvalue weighted by molar-refractivity contribution is 0.239. The summed E-state index contributed by atoms with van der Waals surface area (Å²) in [5, 5.41) is 15.4. The Hall–Kier alpha value is -3.13. The number of hydrogen-bond donors (Lipinski definition) is 2. The molecule has 0 amide bonds. The molecule has 1 atom stereocenters. The summed E-state index contributed by atoms with van der Waals surface area (Å²) >= 11 is 0. The number of rotatable bonds is 8. The molecule has 0 spiro atoms. The number of nitrogens with zero attached hydrogens (tertiary/aromatic N) is 5. The maximum absolute atomic E-state index is 5.66. The molecule has 2 N–H and O–H groups in total. The highest BCUT2D eigenvalue weighted by Crippen LogP contribution is 2.31. The molecule has 3 aromatic rings. The SMILES string of the molecule is CCNC(=NCc1nnc2ccccn12)NCC(c1ccccc1OC)N1CCCC1. The minimum absolute atomic E-state index is 0.219. The molecule has 1 fully saturated rings. The Kier molecular flexibility index (Phi) is 6.99. The fraction of sp³-hybridized carbons (Fsp3) is 0.435. The second-order valence-electron chi connectivity index (χ2n) is 7.62. The van der Waals surface area contributed by atoms with E-state index < -0.39 is 0 Å². The molecule has 3 heterocycles. The summed E-state index contributed by atoms with van der Waals surface area (Å²) in [7, 11) is 1.74. The zero-order valence-corrected chi connectivity index (χ0v) is 18.3. The van der Waals surface area contributed by atoms with Crippen molar-refractivity contribution in [3.8, 4) is 5.75 Å². The Morgan fingerprint density at radius 3 is 2.71 bits per heavy atom. The number of benzene rings is 1. The van der Waals surface area contributed by atoms with Gasteiger partial charge in [-0.05, 0) is 51.1 Å². The molecule has 8 heteroatoms. The Balaban J connectivity index is 1.51. The van der Waals surface area contributed by atoms with Crippen LogP contribution >= 0.6 is 0 Å². The average molecular weight is 422 g/mol. The third kappa shape index (κ3) is 4.96. The van der Waals surface area contributed by atoms with E-state index in [9.17, 15) is 0 Å². The van der Waals surface area contributed by atoms with E-state index in [2.05, 4.69) is 44.8 Å². The molecule has 0 saturated carbocycles. The standard InChI is InChI=1S/C23H31N7O/c1-3-24-23(26-17-22-28-27-21-12-6-7-15-30(21)22)25-16-19(29-13-8-9-14-29)18-10-4-5-11-20(18)31-2/h4-7,10-12,15,19H,3,8-9,13-14,16-17H2,1-2H3,(H2,24,25,26). The highest BCUT2D eigenvalue weighted by atomic mass is 16.5. The number of nitrogens with one attached hydrogen (secondary N) is 2. The van der Waals surface area contributed by atoms with E-state index in [4.69, 9.17) is 9.73 Å². The van der Waals surface area contributed by atoms with Crippen LogP contribution in [0.3, 0.4) is 0 Å². The van der Waals surface area contributed by atoms with Gasteiger partial charge in [-0.25, -0.2) is 4.99 Å². The van der Waals surface area contributed by atoms with Crippen molar-refractivity contribution in [2.75, 3.05) is 33.3 Å². The zero-order chi connectivity index (χ0) is 21.5. The largest absolute Gasteiger partial charge is 0.496 e. The lowest BCUT2D eigenvalue weighted by Crippen LogP contribution is -2.42. The monoisotopic (exact) mass is 421 g/mol. The first-order chi connectivity index (χ1) is 15.3. The van der Waals surface area contributed by atoms with Crippen LogP contribution in [-0.2, 0) is 6.54 Å². The van der Waals surface area contributed by atoms with Gasteiger partial charge in [0.15, 0.2) is 17.4 Å². The van der Waals surface area contributed by atoms with E-state index in [0.29, 0.717) is 6.54 Å². The lowest BCUT2D eigenvalue weighted by atomic mass is 10.0. The van der Waals surface area contributed by atoms with Crippen molar-refractivity contribution in [1.82, 2.24) is 30.1 Å². The quantitative estimate of drug-likeness (QED) is 0.430. The first-order valence-corrected chi connectivity index (χ1v) is 11.0. The van der Waals surface area contributed by atoms with Gasteiger partial charge in [-0.15, -0.1) is 10.2 Å². The Morgan fingerprint density at radius 1 is 1.10 bits per heavy atom. The average Bonchev–Trinajstić information content (AvgIpc) is 3.48. The summed E-state index contributed by atoms with van der Waals surface area (Å²) in [6.07, 6.45) is 4.44. The summed E-state index contributed by atoms with van der Waals surface area (Å²) in [4.78, 5) is 7.29. The van der Waals surface area contributed by atoms with Gasteiger partial charge in [0.1, 0.15) is 12.3 Å². The van der Waals surface area contributed by atoms with Crippen LogP contribution in [0.1, 0.15) is 37.2 Å². The number of pyridine rings is 1. The molecule has 1 aliphatic heterocycles. The molecule has 0 bridgehead atoms. The lowest BCUT2D eigenvalue weighted by Gasteiger charge is -2.30. The van der Waals surface area contributed by atoms with Crippen LogP contribution in [-0.4, -0.2) is 58.7 Å². The Bertz CT molecular complexity index is 1010. The summed E-state index contributed by atoms with van der Waals surface area (Å²) in [5.74, 6) is 2.51. The summed E-state index contributed by atoms with van der Waals surface area (Å²) in [6, 6.07) is 14.4. The van der Waals surface area contributed by atoms with E-state index in [0.717, 1.165) is 49.4 Å². The van der Waals surface area contributed by atoms with Crippen molar-refractivity contribution in [2.45, 2.75) is 32.4 Å². The van der Waals surface area contributed by atoms with Crippen LogP contribution in [0.5, 0.6) is 5.75 Å². The molecule has 1 saturated heterocycles. The van der Waals surface area contributed by atoms with Gasteiger partial charge >= 0.3 is 0 Å². The first kappa shape index (κ1) is 21.1. The summed E-state index contributed by atoms with van der Waals surface area (Å²) < 4.78 is 7.63. The van der Waals surface area contributed by atoms with Crippen molar-refractivity contribution >= 4 is 11.6 Å². The van der Waals surface area contributed by atoms with Crippen LogP contribution in [0.2, 0.25) is 0 Å². The Morgan fingerprint density at radius 2 is 1.90 bits per heavy atom. The number of aliphatic imine (C=N–C) groups is 1. The smallest absolute Gasteiger partial charge is 0.191 e. The van der Waals surface area contributed by atoms with Crippen molar-refractivity contribution in [1.29, 1.82) is 0 Å². The molecular weight excluding hydrogens is 390 g/mol. The van der Waals surface area contributed by atoms with E-state index in [1.807, 2.05) is 40.9 Å². The normalized spacial score (nSPS) is 15.9. The fourth-order valence-corrected chi connectivity index (χ4v) is 4.11. The second kappa shape index (κ2) is 10.3. The number of para-hydroxylation sites is 1. The number of aromatic nitrogens is 3. The van der Waals surface area contributed by atoms with E-state index >= 15 is 0 Å². The number of hydrogen-bond acceptors (Lipinski definition) is 5. The first-order valence-electron chi connectivity index (χ1n) is 11.0. The highest BCUT2D eigenvalue weighted by Gasteiger charge is 2.26. The molecule has 1 aromatic carbocycles. The highest BCUT2D eigenvalue weighted by molar-refractivity contribution is 5.79. The van der Waals surface area contributed by atoms with E-state index in [1.165, 1.54) is 18.4 Å². The molecule has 4 rings (SSSR count). The van der Waals surface area contributed by atoms with Gasteiger partial charge in [0.05, 0.1) is 13.2 Å². The van der Waals surface area contributed by atoms with Gasteiger partial charge in [0.2, 0.25) is 0 Å². The fourth-order valence-electron chi connectivity index (χ4n) is 4.11. The number of likely N-dealkylation sites (tertiary alicyclic amines) is 1. The summed E-state index contributed by atoms with van der Waals surface area (Å²) in [6.45, 7) is 6.25. The minimum Gasteiger partial charge on any atom is -0.496 e. The van der Waals surface area contributed by atoms with Crippen LogP contribution in [0.4, 0.5) is 0 Å². The van der Waals surface area contributed by atoms with Gasteiger partial charge in [-0.2, -0.15) is 0 Å². The molecule has 8 nitrogen and oxygen atoms in total. The molecule has 0 aliphatic carbocycles. The van der Waals surface area contributed by atoms with Crippen molar-refractivity contribution in [3.05, 3.63) is 60.0 Å². The van der Waals surface area contributed by atoms with Crippen molar-refractivity contribution in [3.63, 3.8) is 0 Å². The summed E-state index contributed by atoms with van der Waals surface area (Å²) in [5.41, 5.74) is 2.04. The van der Waals surface area contributed by atoms with Crippen LogP contribution in [0.25, 0.3) is 5.65 Å². The topological polar surface area (TPSA) is 79.1 Å². The number of guanidine groups is 1. The molecule has 2 aromatic heterocycles. The Labute approximate surface area is 183 Å². The third-order valence-corrected chi connectivity index (χ3v) is 5.65. The van der Waals surface area contributed by atoms with Gasteiger partial charge < -0.3 is 15.4 Å². The maximum atomic E-state index is 5.66. The third-order valence-electron chi connectivity index (χ3n) is 5.65. The van der Waals surface area contributed by atoms with Gasteiger partial charge in [0.25, 0.3) is 0 Å².